The number of likely N-dealkylation sites (N-methyl/N-ethyl adjacent to an activating group) is 1. The second kappa shape index (κ2) is 11.1. The average Bonchev–Trinajstić information content (AvgIpc) is 2.68. The molecule has 0 aliphatic rings. The molecular weight excluding hydrogens is 438 g/mol. The Morgan fingerprint density at radius 3 is 2.47 bits per heavy atom. The van der Waals surface area contributed by atoms with Gasteiger partial charge in [0.25, 0.3) is 5.56 Å². The molecule has 2 aromatic rings. The number of rotatable bonds is 9. The molecule has 0 fully saturated rings. The number of benzene rings is 1. The highest BCUT2D eigenvalue weighted by molar-refractivity contribution is 5.92. The Labute approximate surface area is 200 Å². The van der Waals surface area contributed by atoms with Gasteiger partial charge in [0.05, 0.1) is 17.5 Å². The van der Waals surface area contributed by atoms with Crippen LogP contribution in [0.2, 0.25) is 0 Å². The van der Waals surface area contributed by atoms with Crippen LogP contribution in [0.15, 0.2) is 29.2 Å². The molecule has 0 saturated heterocycles. The first-order valence-corrected chi connectivity index (χ1v) is 11.1. The van der Waals surface area contributed by atoms with Gasteiger partial charge in [-0.25, -0.2) is 9.78 Å². The smallest absolute Gasteiger partial charge is 0.338 e. The summed E-state index contributed by atoms with van der Waals surface area (Å²) in [5.74, 6) is -1.01. The molecule has 34 heavy (non-hydrogen) atoms. The Bertz CT molecular complexity index is 1090. The number of esters is 2. The van der Waals surface area contributed by atoms with E-state index in [9.17, 15) is 14.4 Å². The zero-order chi connectivity index (χ0) is 25.6. The number of carbonyl (C=O) groups is 2. The van der Waals surface area contributed by atoms with Gasteiger partial charge in [-0.15, -0.1) is 0 Å². The molecule has 3 N–H and O–H groups in total. The summed E-state index contributed by atoms with van der Waals surface area (Å²) in [6, 6.07) is 4.62. The number of aromatic nitrogens is 2. The molecular formula is C24H35N5O5. The first kappa shape index (κ1) is 26.8. The van der Waals surface area contributed by atoms with Gasteiger partial charge in [-0.05, 0) is 66.9 Å². The van der Waals surface area contributed by atoms with E-state index in [1.54, 1.807) is 32.9 Å². The Morgan fingerprint density at radius 1 is 1.21 bits per heavy atom. The molecule has 0 aliphatic heterocycles. The van der Waals surface area contributed by atoms with Crippen LogP contribution in [0.5, 0.6) is 0 Å². The maximum Gasteiger partial charge on any atom is 0.338 e. The van der Waals surface area contributed by atoms with Crippen molar-refractivity contribution in [3.63, 3.8) is 0 Å². The lowest BCUT2D eigenvalue weighted by atomic mass is 10.1. The summed E-state index contributed by atoms with van der Waals surface area (Å²) in [7, 11) is 3.75. The number of hydrogen-bond donors (Lipinski definition) is 2. The quantitative estimate of drug-likeness (QED) is 0.416. The van der Waals surface area contributed by atoms with Crippen molar-refractivity contribution < 1.29 is 19.1 Å². The van der Waals surface area contributed by atoms with Gasteiger partial charge in [-0.3, -0.25) is 14.2 Å². The molecule has 10 heteroatoms. The maximum absolute atomic E-state index is 13.2. The predicted octanol–water partition coefficient (Wildman–Crippen LogP) is 2.37. The number of hydrogen-bond acceptors (Lipinski definition) is 9. The highest BCUT2D eigenvalue weighted by Crippen LogP contribution is 2.24. The minimum absolute atomic E-state index is 0.0445. The summed E-state index contributed by atoms with van der Waals surface area (Å²) in [6.07, 6.45) is 1.46. The minimum atomic E-state index is -0.715. The van der Waals surface area contributed by atoms with Crippen LogP contribution in [-0.4, -0.2) is 65.3 Å². The van der Waals surface area contributed by atoms with Gasteiger partial charge in [-0.2, -0.15) is 0 Å². The summed E-state index contributed by atoms with van der Waals surface area (Å²) in [5, 5.41) is 2.99. The second-order valence-electron chi connectivity index (χ2n) is 9.55. The molecule has 0 radical (unpaired) electrons. The maximum atomic E-state index is 13.2. The number of nitrogens with two attached hydrogens (primary N) is 1. The molecule has 0 spiro atoms. The number of ether oxygens (including phenoxy) is 2. The van der Waals surface area contributed by atoms with E-state index in [0.717, 1.165) is 0 Å². The highest BCUT2D eigenvalue weighted by Gasteiger charge is 2.21. The fraction of sp³-hybridized carbons (Fsp3) is 0.500. The van der Waals surface area contributed by atoms with Crippen molar-refractivity contribution in [1.29, 1.82) is 0 Å². The Hall–Kier alpha value is -3.40. The number of nitrogens with one attached hydrogen (secondary N) is 1. The van der Waals surface area contributed by atoms with E-state index < -0.39 is 23.1 Å². The molecule has 0 saturated carbocycles. The van der Waals surface area contributed by atoms with E-state index in [0.29, 0.717) is 23.5 Å². The van der Waals surface area contributed by atoms with Crippen LogP contribution in [0, 0.1) is 0 Å². The number of nitrogens with zero attached hydrogens (tertiary/aromatic N) is 3. The molecule has 2 rings (SSSR count). The summed E-state index contributed by atoms with van der Waals surface area (Å²) >= 11 is 0. The zero-order valence-corrected chi connectivity index (χ0v) is 21.0. The average molecular weight is 474 g/mol. The molecule has 1 aromatic carbocycles. The van der Waals surface area contributed by atoms with E-state index in [1.807, 2.05) is 32.8 Å². The number of carbonyl (C=O) groups excluding carboxylic acids is 2. The van der Waals surface area contributed by atoms with E-state index in [2.05, 4.69) is 10.3 Å². The van der Waals surface area contributed by atoms with Crippen LogP contribution in [0.1, 0.15) is 45.0 Å². The molecule has 186 valence electrons. The third-order valence-corrected chi connectivity index (χ3v) is 4.45. The zero-order valence-electron chi connectivity index (χ0n) is 21.0. The fourth-order valence-electron chi connectivity index (χ4n) is 3.07. The topological polar surface area (TPSA) is 129 Å². The summed E-state index contributed by atoms with van der Waals surface area (Å²) < 4.78 is 12.0. The van der Waals surface area contributed by atoms with E-state index in [1.165, 1.54) is 16.8 Å². The van der Waals surface area contributed by atoms with E-state index >= 15 is 0 Å². The van der Waals surface area contributed by atoms with Crippen molar-refractivity contribution >= 4 is 23.4 Å². The largest absolute Gasteiger partial charge is 0.461 e. The molecule has 10 nitrogen and oxygen atoms in total. The van der Waals surface area contributed by atoms with Gasteiger partial charge in [0.1, 0.15) is 18.8 Å². The lowest BCUT2D eigenvalue weighted by molar-refractivity contribution is -0.155. The molecule has 1 aromatic heterocycles. The number of nitrogen functional groups attached to an aromatic ring is 1. The minimum Gasteiger partial charge on any atom is -0.461 e. The summed E-state index contributed by atoms with van der Waals surface area (Å²) in [6.45, 7) is 9.45. The molecule has 0 aliphatic carbocycles. The van der Waals surface area contributed by atoms with Crippen LogP contribution in [0.3, 0.4) is 0 Å². The SMILES string of the molecule is CC(C)Nc1ncc(-c2cc(N)cc(C(=O)OCCN(C)C)c2)n(CC(=O)OC(C)(C)C)c1=O. The van der Waals surface area contributed by atoms with Gasteiger partial charge in [0, 0.05) is 23.8 Å². The van der Waals surface area contributed by atoms with Crippen LogP contribution >= 0.6 is 0 Å². The van der Waals surface area contributed by atoms with E-state index in [-0.39, 0.29) is 30.6 Å². The van der Waals surface area contributed by atoms with Gasteiger partial charge in [0.15, 0.2) is 5.82 Å². The Kier molecular flexibility index (Phi) is 8.80. The van der Waals surface area contributed by atoms with Gasteiger partial charge < -0.3 is 25.4 Å². The molecule has 1 heterocycles. The normalized spacial score (nSPS) is 11.6. The van der Waals surface area contributed by atoms with Crippen LogP contribution < -0.4 is 16.6 Å². The Balaban J connectivity index is 2.51. The van der Waals surface area contributed by atoms with Gasteiger partial charge in [-0.1, -0.05) is 0 Å². The molecule has 0 unspecified atom stereocenters. The third kappa shape index (κ3) is 7.87. The van der Waals surface area contributed by atoms with Gasteiger partial charge in [0.2, 0.25) is 0 Å². The monoisotopic (exact) mass is 473 g/mol. The standard InChI is InChI=1S/C24H35N5O5/c1-15(2)27-21-22(31)29(14-20(30)34-24(3,4)5)19(13-26-21)16-10-17(12-18(25)11-16)23(32)33-9-8-28(6)7/h10-13,15H,8-9,14,25H2,1-7H3,(H,26,27). The van der Waals surface area contributed by atoms with Crippen molar-refractivity contribution in [2.75, 3.05) is 38.3 Å². The van der Waals surface area contributed by atoms with Crippen molar-refractivity contribution in [2.24, 2.45) is 0 Å². The van der Waals surface area contributed by atoms with Crippen molar-refractivity contribution in [3.8, 4) is 11.3 Å². The van der Waals surface area contributed by atoms with Gasteiger partial charge >= 0.3 is 11.9 Å². The summed E-state index contributed by atoms with van der Waals surface area (Å²) in [5.41, 5.74) is 6.15. The lowest BCUT2D eigenvalue weighted by Crippen LogP contribution is -2.33. The van der Waals surface area contributed by atoms with Crippen LogP contribution in [-0.2, 0) is 20.8 Å². The lowest BCUT2D eigenvalue weighted by Gasteiger charge is -2.21. The first-order valence-electron chi connectivity index (χ1n) is 11.1. The highest BCUT2D eigenvalue weighted by atomic mass is 16.6. The second-order valence-corrected chi connectivity index (χ2v) is 9.55. The third-order valence-electron chi connectivity index (χ3n) is 4.45. The molecule has 0 amide bonds. The van der Waals surface area contributed by atoms with Crippen LogP contribution in [0.25, 0.3) is 11.3 Å². The fourth-order valence-corrected chi connectivity index (χ4v) is 3.07. The first-order chi connectivity index (χ1) is 15.8. The van der Waals surface area contributed by atoms with Crippen molar-refractivity contribution in [3.05, 3.63) is 40.3 Å². The van der Waals surface area contributed by atoms with E-state index in [4.69, 9.17) is 15.2 Å². The van der Waals surface area contributed by atoms with Crippen LogP contribution in [0.4, 0.5) is 11.5 Å². The Morgan fingerprint density at radius 2 is 1.88 bits per heavy atom. The summed E-state index contributed by atoms with van der Waals surface area (Å²) in [4.78, 5) is 44.5. The number of anilines is 2. The van der Waals surface area contributed by atoms with Crippen molar-refractivity contribution in [2.45, 2.75) is 52.8 Å². The predicted molar refractivity (Wildman–Crippen MR) is 132 cm³/mol. The molecule has 0 atom stereocenters. The van der Waals surface area contributed by atoms with Crippen molar-refractivity contribution in [1.82, 2.24) is 14.5 Å². The molecule has 0 bridgehead atoms.